The van der Waals surface area contributed by atoms with Crippen molar-refractivity contribution in [2.24, 2.45) is 0 Å². The number of aliphatic hydroxyl groups is 1. The summed E-state index contributed by atoms with van der Waals surface area (Å²) in [6, 6.07) is 0. The van der Waals surface area contributed by atoms with Crippen LogP contribution in [0.1, 0.15) is 0 Å². The number of thioether (sulfide) groups is 1. The Kier molecular flexibility index (Phi) is 6.70. The maximum atomic E-state index is 8.90. The van der Waals surface area contributed by atoms with Gasteiger partial charge in [0.05, 0.1) is 6.10 Å². The smallest absolute Gasteiger partial charge is 0.0765 e. The molecule has 0 fully saturated rings. The second-order valence-electron chi connectivity index (χ2n) is 1.63. The van der Waals surface area contributed by atoms with E-state index in [-0.39, 0.29) is 6.10 Å². The topological polar surface area (TPSA) is 20.2 Å². The Bertz CT molecular complexity index is 77.5. The number of aliphatic hydroxyl groups excluding tert-OH is 1. The third-order valence-corrected chi connectivity index (χ3v) is 2.17. The highest BCUT2D eigenvalue weighted by molar-refractivity contribution is 7.99. The lowest BCUT2D eigenvalue weighted by molar-refractivity contribution is 0.224. The molecule has 0 aliphatic rings. The minimum atomic E-state index is -0.364. The molecular formula is C6H11ClOS. The molecule has 1 N–H and O–H groups in total. The molecule has 9 heavy (non-hydrogen) atoms. The number of hydrogen-bond acceptors (Lipinski definition) is 2. The van der Waals surface area contributed by atoms with E-state index in [1.165, 1.54) is 0 Å². The second kappa shape index (κ2) is 6.46. The summed E-state index contributed by atoms with van der Waals surface area (Å²) >= 11 is 6.98. The number of halogens is 1. The summed E-state index contributed by atoms with van der Waals surface area (Å²) in [7, 11) is 0. The maximum Gasteiger partial charge on any atom is 0.0765 e. The Hall–Kier alpha value is 0.340. The molecule has 0 rings (SSSR count). The first-order chi connectivity index (χ1) is 4.31. The van der Waals surface area contributed by atoms with Gasteiger partial charge in [-0.05, 0) is 0 Å². The molecule has 0 aliphatic heterocycles. The van der Waals surface area contributed by atoms with Gasteiger partial charge in [0.1, 0.15) is 0 Å². The third kappa shape index (κ3) is 6.22. The molecule has 1 atom stereocenters. The molecule has 0 radical (unpaired) electrons. The van der Waals surface area contributed by atoms with Gasteiger partial charge < -0.3 is 5.11 Å². The van der Waals surface area contributed by atoms with Gasteiger partial charge in [0, 0.05) is 17.4 Å². The summed E-state index contributed by atoms with van der Waals surface area (Å²) in [5.74, 6) is 1.91. The van der Waals surface area contributed by atoms with Crippen LogP contribution in [0.25, 0.3) is 0 Å². The molecular weight excluding hydrogens is 156 g/mol. The molecule has 0 aliphatic carbocycles. The van der Waals surface area contributed by atoms with Crippen molar-refractivity contribution in [1.29, 1.82) is 0 Å². The summed E-state index contributed by atoms with van der Waals surface area (Å²) in [5, 5.41) is 8.90. The van der Waals surface area contributed by atoms with Gasteiger partial charge in [0.2, 0.25) is 0 Å². The molecule has 0 spiro atoms. The number of rotatable bonds is 5. The first-order valence-electron chi connectivity index (χ1n) is 2.74. The van der Waals surface area contributed by atoms with E-state index in [2.05, 4.69) is 6.58 Å². The highest BCUT2D eigenvalue weighted by Gasteiger charge is 1.98. The zero-order valence-electron chi connectivity index (χ0n) is 5.22. The van der Waals surface area contributed by atoms with Gasteiger partial charge >= 0.3 is 0 Å². The van der Waals surface area contributed by atoms with E-state index in [0.717, 1.165) is 5.75 Å². The van der Waals surface area contributed by atoms with Crippen LogP contribution in [0.4, 0.5) is 0 Å². The van der Waals surface area contributed by atoms with Gasteiger partial charge in [-0.1, -0.05) is 6.08 Å². The maximum absolute atomic E-state index is 8.90. The van der Waals surface area contributed by atoms with E-state index in [0.29, 0.717) is 11.6 Å². The van der Waals surface area contributed by atoms with Crippen LogP contribution in [0.15, 0.2) is 12.7 Å². The van der Waals surface area contributed by atoms with E-state index >= 15 is 0 Å². The highest BCUT2D eigenvalue weighted by Crippen LogP contribution is 2.03. The van der Waals surface area contributed by atoms with Crippen molar-refractivity contribution < 1.29 is 5.11 Å². The van der Waals surface area contributed by atoms with Crippen LogP contribution in [-0.2, 0) is 0 Å². The first kappa shape index (κ1) is 9.34. The molecule has 0 bridgehead atoms. The SMILES string of the molecule is C=CCSCC(O)CCl. The van der Waals surface area contributed by atoms with Gasteiger partial charge in [0.15, 0.2) is 0 Å². The molecule has 0 aromatic rings. The summed E-state index contributed by atoms with van der Waals surface area (Å²) in [4.78, 5) is 0. The van der Waals surface area contributed by atoms with Gasteiger partial charge in [-0.3, -0.25) is 0 Å². The van der Waals surface area contributed by atoms with Crippen LogP contribution in [0.3, 0.4) is 0 Å². The monoisotopic (exact) mass is 166 g/mol. The quantitative estimate of drug-likeness (QED) is 0.380. The van der Waals surface area contributed by atoms with Crippen LogP contribution in [-0.4, -0.2) is 28.6 Å². The predicted molar refractivity (Wildman–Crippen MR) is 44.2 cm³/mol. The summed E-state index contributed by atoms with van der Waals surface area (Å²) in [5.41, 5.74) is 0. The van der Waals surface area contributed by atoms with Gasteiger partial charge in [0.25, 0.3) is 0 Å². The molecule has 0 saturated carbocycles. The van der Waals surface area contributed by atoms with Crippen molar-refractivity contribution >= 4 is 23.4 Å². The Morgan fingerprint density at radius 2 is 2.44 bits per heavy atom. The van der Waals surface area contributed by atoms with Crippen molar-refractivity contribution in [3.05, 3.63) is 12.7 Å². The van der Waals surface area contributed by atoms with Crippen molar-refractivity contribution in [2.75, 3.05) is 17.4 Å². The van der Waals surface area contributed by atoms with E-state index in [4.69, 9.17) is 16.7 Å². The van der Waals surface area contributed by atoms with Crippen molar-refractivity contribution in [2.45, 2.75) is 6.10 Å². The molecule has 0 aromatic carbocycles. The average Bonchev–Trinajstić information content (AvgIpc) is 1.89. The zero-order chi connectivity index (χ0) is 7.11. The zero-order valence-corrected chi connectivity index (χ0v) is 6.79. The van der Waals surface area contributed by atoms with E-state index in [1.807, 2.05) is 6.08 Å². The fraction of sp³-hybridized carbons (Fsp3) is 0.667. The molecule has 0 heterocycles. The number of alkyl halides is 1. The molecule has 1 nitrogen and oxygen atoms in total. The lowest BCUT2D eigenvalue weighted by Crippen LogP contribution is -2.11. The van der Waals surface area contributed by atoms with Crippen molar-refractivity contribution in [3.8, 4) is 0 Å². The molecule has 3 heteroatoms. The van der Waals surface area contributed by atoms with Gasteiger partial charge in [-0.2, -0.15) is 11.8 Å². The Morgan fingerprint density at radius 3 is 2.89 bits per heavy atom. The van der Waals surface area contributed by atoms with Crippen LogP contribution < -0.4 is 0 Å². The van der Waals surface area contributed by atoms with Crippen LogP contribution in [0.5, 0.6) is 0 Å². The lowest BCUT2D eigenvalue weighted by Gasteiger charge is -2.02. The normalized spacial score (nSPS) is 13.1. The molecule has 0 amide bonds. The average molecular weight is 167 g/mol. The third-order valence-electron chi connectivity index (χ3n) is 0.724. The minimum Gasteiger partial charge on any atom is -0.391 e. The Morgan fingerprint density at radius 1 is 1.78 bits per heavy atom. The molecule has 54 valence electrons. The lowest BCUT2D eigenvalue weighted by atomic mass is 10.5. The van der Waals surface area contributed by atoms with Crippen LogP contribution in [0.2, 0.25) is 0 Å². The van der Waals surface area contributed by atoms with Crippen molar-refractivity contribution in [1.82, 2.24) is 0 Å². The summed E-state index contributed by atoms with van der Waals surface area (Å²) in [6.45, 7) is 3.55. The standard InChI is InChI=1S/C6H11ClOS/c1-2-3-9-5-6(8)4-7/h2,6,8H,1,3-5H2. The Balaban J connectivity index is 2.96. The number of hydrogen-bond donors (Lipinski definition) is 1. The fourth-order valence-corrected chi connectivity index (χ4v) is 1.26. The van der Waals surface area contributed by atoms with Crippen LogP contribution in [0, 0.1) is 0 Å². The van der Waals surface area contributed by atoms with Crippen molar-refractivity contribution in [3.63, 3.8) is 0 Å². The second-order valence-corrected chi connectivity index (χ2v) is 3.02. The fourth-order valence-electron chi connectivity index (χ4n) is 0.332. The Labute approximate surface area is 65.1 Å². The van der Waals surface area contributed by atoms with Gasteiger partial charge in [-0.25, -0.2) is 0 Å². The summed E-state index contributed by atoms with van der Waals surface area (Å²) in [6.07, 6.45) is 1.45. The summed E-state index contributed by atoms with van der Waals surface area (Å²) < 4.78 is 0. The van der Waals surface area contributed by atoms with Gasteiger partial charge in [-0.15, -0.1) is 18.2 Å². The molecule has 0 aromatic heterocycles. The largest absolute Gasteiger partial charge is 0.391 e. The molecule has 0 saturated heterocycles. The first-order valence-corrected chi connectivity index (χ1v) is 4.43. The van der Waals surface area contributed by atoms with Crippen LogP contribution >= 0.6 is 23.4 Å². The van der Waals surface area contributed by atoms with E-state index in [9.17, 15) is 0 Å². The van der Waals surface area contributed by atoms with E-state index in [1.54, 1.807) is 11.8 Å². The van der Waals surface area contributed by atoms with E-state index < -0.39 is 0 Å². The predicted octanol–water partition coefficient (Wildman–Crippen LogP) is 1.51. The highest BCUT2D eigenvalue weighted by atomic mass is 35.5. The molecule has 1 unspecified atom stereocenters. The minimum absolute atomic E-state index is 0.324.